The van der Waals surface area contributed by atoms with Crippen molar-refractivity contribution in [2.75, 3.05) is 13.2 Å². The van der Waals surface area contributed by atoms with E-state index in [2.05, 4.69) is 18.3 Å². The number of hydrogen-bond donors (Lipinski definition) is 1. The van der Waals surface area contributed by atoms with Crippen LogP contribution in [0.25, 0.3) is 0 Å². The molecule has 0 radical (unpaired) electrons. The third kappa shape index (κ3) is 6.98. The molecule has 3 nitrogen and oxygen atoms in total. The maximum Gasteiger partial charge on any atom is 0.127 e. The summed E-state index contributed by atoms with van der Waals surface area (Å²) < 4.78 is 5.64. The van der Waals surface area contributed by atoms with E-state index in [9.17, 15) is 0 Å². The maximum atomic E-state index is 9.17. The molecule has 1 aliphatic rings. The van der Waals surface area contributed by atoms with Crippen molar-refractivity contribution in [2.45, 2.75) is 76.8 Å². The van der Waals surface area contributed by atoms with E-state index in [0.717, 1.165) is 13.0 Å². The molecule has 0 heterocycles. The van der Waals surface area contributed by atoms with Gasteiger partial charge in [-0.3, -0.25) is 5.32 Å². The lowest BCUT2D eigenvalue weighted by Gasteiger charge is -2.23. The van der Waals surface area contributed by atoms with Gasteiger partial charge in [0.15, 0.2) is 0 Å². The van der Waals surface area contributed by atoms with Gasteiger partial charge in [0.05, 0.1) is 12.7 Å². The van der Waals surface area contributed by atoms with Crippen LogP contribution < -0.4 is 5.32 Å². The predicted octanol–water partition coefficient (Wildman–Crippen LogP) is 3.40. The molecule has 18 heavy (non-hydrogen) atoms. The fourth-order valence-electron chi connectivity index (χ4n) is 2.05. The monoisotopic (exact) mass is 252 g/mol. The molecule has 1 aliphatic carbocycles. The molecule has 1 unspecified atom stereocenters. The Balaban J connectivity index is 1.96. The fourth-order valence-corrected chi connectivity index (χ4v) is 2.05. The molecule has 1 atom stereocenters. The van der Waals surface area contributed by atoms with Crippen molar-refractivity contribution >= 4 is 0 Å². The van der Waals surface area contributed by atoms with Crippen molar-refractivity contribution < 1.29 is 4.74 Å². The van der Waals surface area contributed by atoms with E-state index in [-0.39, 0.29) is 0 Å². The second-order valence-electron chi connectivity index (χ2n) is 5.68. The van der Waals surface area contributed by atoms with Gasteiger partial charge in [0, 0.05) is 12.6 Å². The van der Waals surface area contributed by atoms with Crippen LogP contribution in [0.1, 0.15) is 65.2 Å². The van der Waals surface area contributed by atoms with Crippen LogP contribution in [-0.4, -0.2) is 24.8 Å². The summed E-state index contributed by atoms with van der Waals surface area (Å²) in [4.78, 5) is 0. The third-order valence-electron chi connectivity index (χ3n) is 3.38. The average molecular weight is 252 g/mol. The first-order chi connectivity index (χ1) is 8.70. The molecule has 0 aromatic rings. The number of ether oxygens (including phenoxy) is 1. The molecular formula is C15H28N2O. The molecule has 1 N–H and O–H groups in total. The molecule has 0 aromatic carbocycles. The van der Waals surface area contributed by atoms with Gasteiger partial charge in [0.1, 0.15) is 5.54 Å². The lowest BCUT2D eigenvalue weighted by molar-refractivity contribution is 0.0915. The second kappa shape index (κ2) is 8.50. The molecule has 0 spiro atoms. The standard InChI is InChI=1S/C15H28N2O/c1-3-4-5-6-7-8-11-18-13-15(2,12-16)17-14-9-10-14/h14,17H,3-11,13H2,1-2H3. The van der Waals surface area contributed by atoms with Crippen LogP contribution in [-0.2, 0) is 4.74 Å². The number of unbranched alkanes of at least 4 members (excludes halogenated alkanes) is 5. The Labute approximate surface area is 112 Å². The van der Waals surface area contributed by atoms with E-state index in [1.807, 2.05) is 6.92 Å². The summed E-state index contributed by atoms with van der Waals surface area (Å²) in [6.07, 6.45) is 10.1. The zero-order valence-electron chi connectivity index (χ0n) is 12.0. The van der Waals surface area contributed by atoms with Crippen LogP contribution >= 0.6 is 0 Å². The van der Waals surface area contributed by atoms with Gasteiger partial charge in [-0.25, -0.2) is 0 Å². The number of rotatable bonds is 11. The Morgan fingerprint density at radius 2 is 1.89 bits per heavy atom. The highest BCUT2D eigenvalue weighted by molar-refractivity contribution is 5.07. The minimum absolute atomic E-state index is 0.497. The van der Waals surface area contributed by atoms with E-state index in [0.29, 0.717) is 12.6 Å². The minimum atomic E-state index is -0.497. The SMILES string of the molecule is CCCCCCCCOCC(C)(C#N)NC1CC1. The van der Waals surface area contributed by atoms with Gasteiger partial charge in [-0.05, 0) is 26.2 Å². The van der Waals surface area contributed by atoms with Gasteiger partial charge < -0.3 is 4.74 Å². The van der Waals surface area contributed by atoms with Crippen molar-refractivity contribution in [3.8, 4) is 6.07 Å². The Bertz CT molecular complexity index is 258. The van der Waals surface area contributed by atoms with Crippen molar-refractivity contribution in [3.05, 3.63) is 0 Å². The van der Waals surface area contributed by atoms with Crippen LogP contribution in [0.5, 0.6) is 0 Å². The van der Waals surface area contributed by atoms with E-state index in [1.54, 1.807) is 0 Å². The Hall–Kier alpha value is -0.590. The average Bonchev–Trinajstić information content (AvgIpc) is 3.16. The third-order valence-corrected chi connectivity index (χ3v) is 3.38. The molecule has 0 aliphatic heterocycles. The van der Waals surface area contributed by atoms with Gasteiger partial charge in [0.25, 0.3) is 0 Å². The lowest BCUT2D eigenvalue weighted by atomic mass is 10.1. The largest absolute Gasteiger partial charge is 0.378 e. The van der Waals surface area contributed by atoms with Crippen LogP contribution in [0, 0.1) is 11.3 Å². The molecule has 0 saturated heterocycles. The van der Waals surface area contributed by atoms with Gasteiger partial charge in [-0.15, -0.1) is 0 Å². The highest BCUT2D eigenvalue weighted by atomic mass is 16.5. The first kappa shape index (κ1) is 15.5. The van der Waals surface area contributed by atoms with Crippen LogP contribution in [0.15, 0.2) is 0 Å². The molecule has 0 bridgehead atoms. The highest BCUT2D eigenvalue weighted by Gasteiger charge is 2.32. The van der Waals surface area contributed by atoms with E-state index in [4.69, 9.17) is 10.00 Å². The zero-order valence-corrected chi connectivity index (χ0v) is 12.0. The predicted molar refractivity (Wildman–Crippen MR) is 74.4 cm³/mol. The van der Waals surface area contributed by atoms with Crippen LogP contribution in [0.4, 0.5) is 0 Å². The zero-order chi connectivity index (χ0) is 13.3. The summed E-state index contributed by atoms with van der Waals surface area (Å²) in [7, 11) is 0. The summed E-state index contributed by atoms with van der Waals surface area (Å²) in [5.41, 5.74) is -0.497. The Morgan fingerprint density at radius 3 is 2.50 bits per heavy atom. The number of nitriles is 1. The highest BCUT2D eigenvalue weighted by Crippen LogP contribution is 2.22. The summed E-state index contributed by atoms with van der Waals surface area (Å²) >= 11 is 0. The van der Waals surface area contributed by atoms with Gasteiger partial charge >= 0.3 is 0 Å². The van der Waals surface area contributed by atoms with Crippen molar-refractivity contribution in [3.63, 3.8) is 0 Å². The smallest absolute Gasteiger partial charge is 0.127 e. The topological polar surface area (TPSA) is 45.0 Å². The molecular weight excluding hydrogens is 224 g/mol. The summed E-state index contributed by atoms with van der Waals surface area (Å²) in [5, 5.41) is 12.5. The van der Waals surface area contributed by atoms with E-state index in [1.165, 1.54) is 44.9 Å². The number of hydrogen-bond acceptors (Lipinski definition) is 3. The molecule has 1 rings (SSSR count). The number of nitrogens with one attached hydrogen (secondary N) is 1. The first-order valence-electron chi connectivity index (χ1n) is 7.47. The lowest BCUT2D eigenvalue weighted by Crippen LogP contribution is -2.46. The quantitative estimate of drug-likeness (QED) is 0.573. The van der Waals surface area contributed by atoms with Gasteiger partial charge in [0.2, 0.25) is 0 Å². The molecule has 104 valence electrons. The van der Waals surface area contributed by atoms with Crippen LogP contribution in [0.3, 0.4) is 0 Å². The van der Waals surface area contributed by atoms with Crippen molar-refractivity contribution in [2.24, 2.45) is 0 Å². The summed E-state index contributed by atoms with van der Waals surface area (Å²) in [6, 6.07) is 2.88. The van der Waals surface area contributed by atoms with Crippen molar-refractivity contribution in [1.82, 2.24) is 5.32 Å². The number of nitrogens with zero attached hydrogens (tertiary/aromatic N) is 1. The molecule has 0 aromatic heterocycles. The second-order valence-corrected chi connectivity index (χ2v) is 5.68. The Kier molecular flexibility index (Phi) is 7.31. The normalized spacial score (nSPS) is 18.3. The molecule has 1 saturated carbocycles. The van der Waals surface area contributed by atoms with E-state index < -0.39 is 5.54 Å². The maximum absolute atomic E-state index is 9.17. The minimum Gasteiger partial charge on any atom is -0.378 e. The fraction of sp³-hybridized carbons (Fsp3) is 0.933. The van der Waals surface area contributed by atoms with Crippen molar-refractivity contribution in [1.29, 1.82) is 5.26 Å². The molecule has 1 fully saturated rings. The Morgan fingerprint density at radius 1 is 1.22 bits per heavy atom. The first-order valence-corrected chi connectivity index (χ1v) is 7.47. The summed E-state index contributed by atoms with van der Waals surface area (Å²) in [6.45, 7) is 5.47. The van der Waals surface area contributed by atoms with E-state index >= 15 is 0 Å². The molecule has 3 heteroatoms. The van der Waals surface area contributed by atoms with Gasteiger partial charge in [-0.1, -0.05) is 39.0 Å². The van der Waals surface area contributed by atoms with Gasteiger partial charge in [-0.2, -0.15) is 5.26 Å². The molecule has 0 amide bonds. The van der Waals surface area contributed by atoms with Crippen LogP contribution in [0.2, 0.25) is 0 Å². The summed E-state index contributed by atoms with van der Waals surface area (Å²) in [5.74, 6) is 0.